The molecule has 1 aliphatic rings. The minimum atomic E-state index is -0.452. The summed E-state index contributed by atoms with van der Waals surface area (Å²) in [5, 5.41) is 13.9. The maximum atomic E-state index is 10.6. The molecular weight excluding hydrogens is 284 g/mol. The largest absolute Gasteiger partial charge is 0.468 e. The zero-order chi connectivity index (χ0) is 15.4. The fraction of sp³-hybridized carbons (Fsp3) is 0.400. The highest BCUT2D eigenvalue weighted by atomic mass is 16.6. The molecule has 0 radical (unpaired) electrons. The lowest BCUT2D eigenvalue weighted by molar-refractivity contribution is -0.385. The molecule has 0 amide bonds. The lowest BCUT2D eigenvalue weighted by atomic mass is 10.2. The number of pyridine rings is 1. The van der Waals surface area contributed by atoms with Crippen LogP contribution in [0.2, 0.25) is 0 Å². The smallest absolute Gasteiger partial charge is 0.287 e. The Labute approximate surface area is 128 Å². The summed E-state index contributed by atoms with van der Waals surface area (Å²) in [7, 11) is 0. The summed E-state index contributed by atoms with van der Waals surface area (Å²) in [6.45, 7) is 2.76. The summed E-state index contributed by atoms with van der Waals surface area (Å²) in [5.74, 6) is 1.55. The number of rotatable bonds is 6. The number of hydrogen-bond acceptors (Lipinski definition) is 6. The van der Waals surface area contributed by atoms with Crippen LogP contribution < -0.4 is 5.32 Å². The molecule has 2 aromatic rings. The van der Waals surface area contributed by atoms with Crippen molar-refractivity contribution in [3.63, 3.8) is 0 Å². The fourth-order valence-electron chi connectivity index (χ4n) is 2.74. The third-order valence-corrected chi connectivity index (χ3v) is 3.89. The van der Waals surface area contributed by atoms with Crippen LogP contribution in [0.15, 0.2) is 41.1 Å². The molecular formula is C15H18N4O3. The van der Waals surface area contributed by atoms with Crippen LogP contribution in [0.1, 0.15) is 24.6 Å². The lowest BCUT2D eigenvalue weighted by Gasteiger charge is -2.26. The van der Waals surface area contributed by atoms with Crippen molar-refractivity contribution >= 4 is 11.5 Å². The van der Waals surface area contributed by atoms with Crippen LogP contribution in [0.4, 0.5) is 11.5 Å². The van der Waals surface area contributed by atoms with Crippen molar-refractivity contribution in [2.75, 3.05) is 25.0 Å². The van der Waals surface area contributed by atoms with Gasteiger partial charge in [0.05, 0.1) is 17.2 Å². The first kappa shape index (κ1) is 14.5. The fourth-order valence-corrected chi connectivity index (χ4v) is 2.74. The molecule has 0 aromatic carbocycles. The molecule has 2 aromatic heterocycles. The average molecular weight is 302 g/mol. The molecule has 1 atom stereocenters. The van der Waals surface area contributed by atoms with E-state index in [-0.39, 0.29) is 11.7 Å². The van der Waals surface area contributed by atoms with Crippen molar-refractivity contribution in [1.29, 1.82) is 0 Å². The molecule has 0 saturated carbocycles. The Kier molecular flexibility index (Phi) is 4.34. The van der Waals surface area contributed by atoms with Gasteiger partial charge in [0.2, 0.25) is 0 Å². The zero-order valence-electron chi connectivity index (χ0n) is 12.1. The summed E-state index contributed by atoms with van der Waals surface area (Å²) in [6.07, 6.45) is 5.35. The molecule has 7 nitrogen and oxygen atoms in total. The predicted octanol–water partition coefficient (Wildman–Crippen LogP) is 2.83. The second-order valence-electron chi connectivity index (χ2n) is 5.31. The number of furan rings is 1. The highest BCUT2D eigenvalue weighted by Crippen LogP contribution is 2.26. The Bertz CT molecular complexity index is 606. The normalized spacial score (nSPS) is 16.5. The van der Waals surface area contributed by atoms with Gasteiger partial charge in [-0.3, -0.25) is 15.0 Å². The van der Waals surface area contributed by atoms with Crippen LogP contribution in [0.25, 0.3) is 0 Å². The quantitative estimate of drug-likeness (QED) is 0.652. The summed E-state index contributed by atoms with van der Waals surface area (Å²) < 4.78 is 5.56. The molecule has 1 saturated heterocycles. The van der Waals surface area contributed by atoms with E-state index < -0.39 is 4.92 Å². The van der Waals surface area contributed by atoms with Crippen molar-refractivity contribution in [1.82, 2.24) is 9.88 Å². The van der Waals surface area contributed by atoms with Gasteiger partial charge in [-0.1, -0.05) is 0 Å². The van der Waals surface area contributed by atoms with Gasteiger partial charge >= 0.3 is 0 Å². The number of hydrogen-bond donors (Lipinski definition) is 1. The second kappa shape index (κ2) is 6.57. The topological polar surface area (TPSA) is 84.4 Å². The van der Waals surface area contributed by atoms with Crippen molar-refractivity contribution in [2.24, 2.45) is 0 Å². The SMILES string of the molecule is O=[N+]([O-])c1ccc(NCC(c2ccco2)N2CCCC2)nc1. The minimum Gasteiger partial charge on any atom is -0.468 e. The lowest BCUT2D eigenvalue weighted by Crippen LogP contribution is -2.30. The molecule has 22 heavy (non-hydrogen) atoms. The third-order valence-electron chi connectivity index (χ3n) is 3.89. The van der Waals surface area contributed by atoms with Gasteiger partial charge in [-0.2, -0.15) is 0 Å². The first-order valence-electron chi connectivity index (χ1n) is 7.36. The third kappa shape index (κ3) is 3.25. The maximum absolute atomic E-state index is 10.6. The Morgan fingerprint density at radius 1 is 1.36 bits per heavy atom. The van der Waals surface area contributed by atoms with Gasteiger partial charge in [-0.15, -0.1) is 0 Å². The first-order chi connectivity index (χ1) is 10.7. The molecule has 0 spiro atoms. The average Bonchev–Trinajstić information content (AvgIpc) is 3.22. The van der Waals surface area contributed by atoms with Crippen molar-refractivity contribution in [3.8, 4) is 0 Å². The van der Waals surface area contributed by atoms with E-state index in [1.807, 2.05) is 12.1 Å². The van der Waals surface area contributed by atoms with Crippen LogP contribution in [0, 0.1) is 10.1 Å². The number of nitrogens with one attached hydrogen (secondary N) is 1. The molecule has 1 N–H and O–H groups in total. The van der Waals surface area contributed by atoms with Crippen molar-refractivity contribution in [2.45, 2.75) is 18.9 Å². The van der Waals surface area contributed by atoms with Gasteiger partial charge in [0, 0.05) is 12.6 Å². The van der Waals surface area contributed by atoms with E-state index >= 15 is 0 Å². The van der Waals surface area contributed by atoms with Crippen LogP contribution in [-0.4, -0.2) is 34.4 Å². The summed E-state index contributed by atoms with van der Waals surface area (Å²) in [6, 6.07) is 7.10. The van der Waals surface area contributed by atoms with E-state index in [2.05, 4.69) is 15.2 Å². The second-order valence-corrected chi connectivity index (χ2v) is 5.31. The van der Waals surface area contributed by atoms with Crippen LogP contribution in [-0.2, 0) is 0 Å². The Morgan fingerprint density at radius 2 is 2.18 bits per heavy atom. The van der Waals surface area contributed by atoms with Crippen molar-refractivity contribution in [3.05, 3.63) is 52.6 Å². The van der Waals surface area contributed by atoms with E-state index in [9.17, 15) is 10.1 Å². The molecule has 1 unspecified atom stereocenters. The van der Waals surface area contributed by atoms with E-state index in [1.54, 1.807) is 12.3 Å². The summed E-state index contributed by atoms with van der Waals surface area (Å²) >= 11 is 0. The van der Waals surface area contributed by atoms with E-state index in [1.165, 1.54) is 25.1 Å². The van der Waals surface area contributed by atoms with Crippen LogP contribution in [0.5, 0.6) is 0 Å². The number of likely N-dealkylation sites (tertiary alicyclic amines) is 1. The highest BCUT2D eigenvalue weighted by molar-refractivity contribution is 5.40. The monoisotopic (exact) mass is 302 g/mol. The molecule has 1 aliphatic heterocycles. The standard InChI is InChI=1S/C15H18N4O3/c20-19(21)12-5-6-15(16-10-12)17-11-13(14-4-3-9-22-14)18-7-1-2-8-18/h3-6,9-10,13H,1-2,7-8,11H2,(H,16,17). The van der Waals surface area contributed by atoms with Gasteiger partial charge in [0.25, 0.3) is 5.69 Å². The molecule has 0 bridgehead atoms. The van der Waals surface area contributed by atoms with Crippen molar-refractivity contribution < 1.29 is 9.34 Å². The van der Waals surface area contributed by atoms with Gasteiger partial charge in [0.15, 0.2) is 0 Å². The molecule has 3 rings (SSSR count). The molecule has 1 fully saturated rings. The highest BCUT2D eigenvalue weighted by Gasteiger charge is 2.25. The van der Waals surface area contributed by atoms with Gasteiger partial charge in [-0.25, -0.2) is 4.98 Å². The number of aromatic nitrogens is 1. The van der Waals surface area contributed by atoms with Gasteiger partial charge in [0.1, 0.15) is 17.8 Å². The minimum absolute atomic E-state index is 0.00678. The predicted molar refractivity (Wildman–Crippen MR) is 81.6 cm³/mol. The number of nitrogens with zero attached hydrogens (tertiary/aromatic N) is 3. The van der Waals surface area contributed by atoms with E-state index in [0.717, 1.165) is 18.8 Å². The zero-order valence-corrected chi connectivity index (χ0v) is 12.1. The Morgan fingerprint density at radius 3 is 2.77 bits per heavy atom. The van der Waals surface area contributed by atoms with Crippen LogP contribution >= 0.6 is 0 Å². The van der Waals surface area contributed by atoms with Crippen LogP contribution in [0.3, 0.4) is 0 Å². The van der Waals surface area contributed by atoms with Gasteiger partial charge < -0.3 is 9.73 Å². The number of nitro groups is 1. The summed E-state index contributed by atoms with van der Waals surface area (Å²) in [5.41, 5.74) is -0.00678. The van der Waals surface area contributed by atoms with E-state index in [4.69, 9.17) is 4.42 Å². The van der Waals surface area contributed by atoms with Gasteiger partial charge in [-0.05, 0) is 44.1 Å². The van der Waals surface area contributed by atoms with E-state index in [0.29, 0.717) is 12.4 Å². The molecule has 7 heteroatoms. The Balaban J connectivity index is 1.67. The molecule has 3 heterocycles. The Hall–Kier alpha value is -2.41. The molecule has 0 aliphatic carbocycles. The first-order valence-corrected chi connectivity index (χ1v) is 7.36. The maximum Gasteiger partial charge on any atom is 0.287 e. The summed E-state index contributed by atoms with van der Waals surface area (Å²) in [4.78, 5) is 16.6. The molecule has 116 valence electrons. The number of anilines is 1.